The predicted molar refractivity (Wildman–Crippen MR) is 86.5 cm³/mol. The number of hydrogen-bond donors (Lipinski definition) is 1. The summed E-state index contributed by atoms with van der Waals surface area (Å²) in [5.41, 5.74) is 3.61. The summed E-state index contributed by atoms with van der Waals surface area (Å²) in [6, 6.07) is 8.81. The van der Waals surface area contributed by atoms with Gasteiger partial charge >= 0.3 is 0 Å². The second kappa shape index (κ2) is 5.13. The Bertz CT molecular complexity index is 807. The lowest BCUT2D eigenvalue weighted by Crippen LogP contribution is -2.44. The molecule has 1 aromatic carbocycles. The minimum atomic E-state index is -0.997. The molecular weight excluding hydrogens is 290 g/mol. The van der Waals surface area contributed by atoms with Gasteiger partial charge in [-0.15, -0.1) is 0 Å². The molecular formula is C18H19N3O2. The van der Waals surface area contributed by atoms with E-state index in [9.17, 15) is 9.90 Å². The van der Waals surface area contributed by atoms with Gasteiger partial charge in [0.2, 0.25) is 0 Å². The van der Waals surface area contributed by atoms with Crippen LogP contribution in [-0.4, -0.2) is 32.3 Å². The molecule has 1 N–H and O–H groups in total. The van der Waals surface area contributed by atoms with E-state index in [1.165, 1.54) is 0 Å². The Morgan fingerprint density at radius 1 is 1.26 bits per heavy atom. The van der Waals surface area contributed by atoms with E-state index < -0.39 is 12.1 Å². The van der Waals surface area contributed by atoms with Crippen molar-refractivity contribution in [3.05, 3.63) is 53.1 Å². The number of aliphatic hydroxyl groups is 1. The molecule has 0 radical (unpaired) electrons. The van der Waals surface area contributed by atoms with Crippen molar-refractivity contribution in [2.24, 2.45) is 18.0 Å². The first-order chi connectivity index (χ1) is 11.1. The van der Waals surface area contributed by atoms with Gasteiger partial charge in [0.1, 0.15) is 23.7 Å². The number of imidazole rings is 1. The number of aliphatic imine (C=N–C) groups is 1. The Hall–Kier alpha value is -2.27. The summed E-state index contributed by atoms with van der Waals surface area (Å²) < 4.78 is 2.08. The summed E-state index contributed by atoms with van der Waals surface area (Å²) in [6.45, 7) is 1.97. The van der Waals surface area contributed by atoms with Crippen LogP contribution in [0.5, 0.6) is 0 Å². The normalized spacial score (nSPS) is 26.5. The third kappa shape index (κ3) is 2.07. The van der Waals surface area contributed by atoms with E-state index in [0.29, 0.717) is 0 Å². The Balaban J connectivity index is 1.87. The van der Waals surface area contributed by atoms with Crippen molar-refractivity contribution in [2.75, 3.05) is 0 Å². The van der Waals surface area contributed by atoms with Gasteiger partial charge in [0, 0.05) is 18.7 Å². The molecule has 1 aliphatic heterocycles. The number of nitrogens with zero attached hydrogens (tertiary/aromatic N) is 3. The fourth-order valence-electron chi connectivity index (χ4n) is 3.65. The van der Waals surface area contributed by atoms with Crippen molar-refractivity contribution in [3.63, 3.8) is 0 Å². The topological polar surface area (TPSA) is 67.5 Å². The summed E-state index contributed by atoms with van der Waals surface area (Å²) in [4.78, 5) is 21.9. The molecule has 118 valence electrons. The molecule has 0 saturated carbocycles. The Morgan fingerprint density at radius 3 is 2.74 bits per heavy atom. The van der Waals surface area contributed by atoms with Crippen LogP contribution in [0.2, 0.25) is 0 Å². The third-order valence-electron chi connectivity index (χ3n) is 5.05. The molecule has 2 heterocycles. The number of ketones is 1. The molecule has 0 fully saturated rings. The maximum Gasteiger partial charge on any atom is 0.190 e. The van der Waals surface area contributed by atoms with Gasteiger partial charge in [-0.05, 0) is 25.3 Å². The lowest BCUT2D eigenvalue weighted by molar-refractivity contribution is -0.130. The second-order valence-corrected chi connectivity index (χ2v) is 6.33. The molecule has 23 heavy (non-hydrogen) atoms. The maximum atomic E-state index is 12.6. The van der Waals surface area contributed by atoms with Crippen LogP contribution < -0.4 is 0 Å². The maximum absolute atomic E-state index is 12.6. The lowest BCUT2D eigenvalue weighted by atomic mass is 9.77. The van der Waals surface area contributed by atoms with Crippen LogP contribution in [-0.2, 0) is 18.3 Å². The first-order valence-electron chi connectivity index (χ1n) is 7.95. The Kier molecular flexibility index (Phi) is 3.20. The molecule has 5 heteroatoms. The average molecular weight is 309 g/mol. The highest BCUT2D eigenvalue weighted by Crippen LogP contribution is 2.36. The van der Waals surface area contributed by atoms with Gasteiger partial charge in [-0.3, -0.25) is 9.79 Å². The van der Waals surface area contributed by atoms with Gasteiger partial charge in [-0.25, -0.2) is 4.98 Å². The van der Waals surface area contributed by atoms with Crippen molar-refractivity contribution in [1.82, 2.24) is 9.55 Å². The van der Waals surface area contributed by atoms with Crippen molar-refractivity contribution in [1.29, 1.82) is 0 Å². The Morgan fingerprint density at radius 2 is 2.00 bits per heavy atom. The fourth-order valence-corrected chi connectivity index (χ4v) is 3.65. The first kappa shape index (κ1) is 14.3. The monoisotopic (exact) mass is 309 g/mol. The first-order valence-corrected chi connectivity index (χ1v) is 7.95. The summed E-state index contributed by atoms with van der Waals surface area (Å²) >= 11 is 0. The molecule has 2 aromatic rings. The number of aliphatic hydroxyl groups excluding tert-OH is 1. The molecule has 1 aromatic heterocycles. The number of aryl methyl sites for hydroxylation is 1. The summed E-state index contributed by atoms with van der Waals surface area (Å²) in [5.74, 6) is 0.492. The average Bonchev–Trinajstić information content (AvgIpc) is 2.86. The molecule has 0 spiro atoms. The highest BCUT2D eigenvalue weighted by atomic mass is 16.3. The van der Waals surface area contributed by atoms with Crippen LogP contribution in [0.3, 0.4) is 0 Å². The fraction of sp³-hybridized carbons (Fsp3) is 0.389. The van der Waals surface area contributed by atoms with Crippen LogP contribution in [0.25, 0.3) is 0 Å². The molecule has 0 amide bonds. The molecule has 1 aliphatic carbocycles. The highest BCUT2D eigenvalue weighted by Gasteiger charge is 2.43. The van der Waals surface area contributed by atoms with Crippen LogP contribution in [0.1, 0.15) is 35.2 Å². The van der Waals surface area contributed by atoms with Crippen molar-refractivity contribution in [2.45, 2.75) is 31.9 Å². The minimum absolute atomic E-state index is 0.207. The van der Waals surface area contributed by atoms with Gasteiger partial charge in [-0.2, -0.15) is 0 Å². The second-order valence-electron chi connectivity index (χ2n) is 6.33. The van der Waals surface area contributed by atoms with Crippen molar-refractivity contribution < 1.29 is 9.90 Å². The summed E-state index contributed by atoms with van der Waals surface area (Å²) in [7, 11) is 2.00. The van der Waals surface area contributed by atoms with Crippen LogP contribution in [0.15, 0.2) is 35.3 Å². The quantitative estimate of drug-likeness (QED) is 0.873. The van der Waals surface area contributed by atoms with E-state index in [4.69, 9.17) is 4.99 Å². The smallest absolute Gasteiger partial charge is 0.190 e. The number of hydrogen-bond acceptors (Lipinski definition) is 4. The largest absolute Gasteiger partial charge is 0.385 e. The van der Waals surface area contributed by atoms with Gasteiger partial charge in [-0.1, -0.05) is 30.3 Å². The molecule has 0 bridgehead atoms. The zero-order valence-corrected chi connectivity index (χ0v) is 13.2. The molecule has 0 saturated heterocycles. The molecule has 4 rings (SSSR count). The number of aromatic nitrogens is 2. The summed E-state index contributed by atoms with van der Waals surface area (Å²) in [5, 5.41) is 10.5. The zero-order valence-electron chi connectivity index (χ0n) is 13.2. The number of Topliss-reactive ketones (excluding diaryl/α,β-unsaturated/α-hetero) is 1. The van der Waals surface area contributed by atoms with Gasteiger partial charge in [0.25, 0.3) is 0 Å². The van der Waals surface area contributed by atoms with Crippen LogP contribution in [0.4, 0.5) is 0 Å². The highest BCUT2D eigenvalue weighted by molar-refractivity contribution is 6.10. The molecule has 3 atom stereocenters. The van der Waals surface area contributed by atoms with E-state index >= 15 is 0 Å². The third-order valence-corrected chi connectivity index (χ3v) is 5.05. The van der Waals surface area contributed by atoms with Gasteiger partial charge < -0.3 is 9.67 Å². The van der Waals surface area contributed by atoms with E-state index in [2.05, 4.69) is 9.55 Å². The molecule has 5 nitrogen and oxygen atoms in total. The number of fused-ring (bicyclic) bond motifs is 3. The van der Waals surface area contributed by atoms with Crippen LogP contribution >= 0.6 is 0 Å². The standard InChI is InChI=1S/C18H19N3O2/c1-10-19-16-13(21(10)2)9-8-12-15(16)20-14(18(23)17(12)22)11-6-4-3-5-7-11/h3-7,12,14,17,22H,8-9H2,1-2H3/t12?,14-,17?/m1/s1. The van der Waals surface area contributed by atoms with E-state index in [0.717, 1.165) is 41.3 Å². The predicted octanol–water partition coefficient (Wildman–Crippen LogP) is 1.76. The van der Waals surface area contributed by atoms with Gasteiger partial charge in [0.05, 0.1) is 5.71 Å². The molecule has 2 aliphatic rings. The lowest BCUT2D eigenvalue weighted by Gasteiger charge is -2.33. The van der Waals surface area contributed by atoms with Crippen LogP contribution in [0, 0.1) is 12.8 Å². The van der Waals surface area contributed by atoms with E-state index in [1.807, 2.05) is 44.3 Å². The van der Waals surface area contributed by atoms with Crippen molar-refractivity contribution >= 4 is 11.5 Å². The number of benzene rings is 1. The van der Waals surface area contributed by atoms with E-state index in [1.54, 1.807) is 0 Å². The Labute approximate surface area is 134 Å². The SMILES string of the molecule is Cc1nc2c(n1C)CCC1C2=N[C@H](c2ccccc2)C(=O)C1O. The number of carbonyl (C=O) groups excluding carboxylic acids is 1. The van der Waals surface area contributed by atoms with Gasteiger partial charge in [0.15, 0.2) is 5.78 Å². The molecule has 2 unspecified atom stereocenters. The number of carbonyl (C=O) groups is 1. The minimum Gasteiger partial charge on any atom is -0.385 e. The zero-order chi connectivity index (χ0) is 16.1. The summed E-state index contributed by atoms with van der Waals surface area (Å²) in [6.07, 6.45) is 0.554. The van der Waals surface area contributed by atoms with E-state index in [-0.39, 0.29) is 11.7 Å². The number of rotatable bonds is 1. The van der Waals surface area contributed by atoms with Crippen molar-refractivity contribution in [3.8, 4) is 0 Å².